The van der Waals surface area contributed by atoms with Crippen LogP contribution in [0.1, 0.15) is 27.2 Å². The molecule has 0 fully saturated rings. The van der Waals surface area contributed by atoms with Gasteiger partial charge in [-0.3, -0.25) is 9.78 Å². The second kappa shape index (κ2) is 8.29. The highest BCUT2D eigenvalue weighted by atomic mass is 35.5. The highest BCUT2D eigenvalue weighted by molar-refractivity contribution is 6.31. The van der Waals surface area contributed by atoms with Crippen molar-refractivity contribution in [2.75, 3.05) is 0 Å². The molecule has 4 rings (SSSR count). The Bertz CT molecular complexity index is 1200. The van der Waals surface area contributed by atoms with E-state index in [9.17, 15) is 4.79 Å². The molecule has 0 bridgehead atoms. The van der Waals surface area contributed by atoms with Gasteiger partial charge in [0.15, 0.2) is 0 Å². The minimum Gasteiger partial charge on any atom is -0.340 e. The van der Waals surface area contributed by atoms with Crippen LogP contribution >= 0.6 is 11.6 Å². The Morgan fingerprint density at radius 3 is 2.72 bits per heavy atom. The Labute approximate surface area is 173 Å². The van der Waals surface area contributed by atoms with Gasteiger partial charge in [0.25, 0.3) is 5.91 Å². The predicted molar refractivity (Wildman–Crippen MR) is 117 cm³/mol. The lowest BCUT2D eigenvalue weighted by Crippen LogP contribution is -2.17. The van der Waals surface area contributed by atoms with E-state index in [2.05, 4.69) is 32.2 Å². The van der Waals surface area contributed by atoms with Crippen molar-refractivity contribution >= 4 is 34.6 Å². The molecule has 0 saturated carbocycles. The van der Waals surface area contributed by atoms with Crippen molar-refractivity contribution < 1.29 is 4.79 Å². The van der Waals surface area contributed by atoms with Crippen molar-refractivity contribution in [3.05, 3.63) is 100 Å². The predicted octanol–water partition coefficient (Wildman–Crippen LogP) is 4.81. The number of pyridine rings is 1. The Balaban J connectivity index is 1.66. The monoisotopic (exact) mass is 402 g/mol. The summed E-state index contributed by atoms with van der Waals surface area (Å²) in [7, 11) is 0. The molecule has 4 aromatic rings. The zero-order chi connectivity index (χ0) is 20.2. The van der Waals surface area contributed by atoms with Crippen LogP contribution in [0.15, 0.2) is 78.2 Å². The summed E-state index contributed by atoms with van der Waals surface area (Å²) in [5.41, 5.74) is 7.17. The Kier molecular flexibility index (Phi) is 5.40. The van der Waals surface area contributed by atoms with E-state index in [1.165, 1.54) is 6.20 Å². The van der Waals surface area contributed by atoms with Crippen LogP contribution in [0.5, 0.6) is 0 Å². The Hall–Kier alpha value is -3.44. The number of carbonyl (C=O) groups is 1. The maximum absolute atomic E-state index is 12.2. The standard InChI is InChI=1S/C23H19ClN4O/c1-16-20(14-26-27-23(29)17-8-6-12-25-13-17)19-9-3-5-11-22(19)28(16)15-18-7-2-4-10-21(18)24/h2-14H,15H2,1H3,(H,27,29)/b26-14-. The fourth-order valence-electron chi connectivity index (χ4n) is 3.34. The molecule has 0 unspecified atom stereocenters. The van der Waals surface area contributed by atoms with Crippen molar-refractivity contribution in [2.45, 2.75) is 13.5 Å². The van der Waals surface area contributed by atoms with Crippen LogP contribution < -0.4 is 5.43 Å². The van der Waals surface area contributed by atoms with Crippen LogP contribution in [0.3, 0.4) is 0 Å². The maximum atomic E-state index is 12.2. The average Bonchev–Trinajstić information content (AvgIpc) is 3.02. The van der Waals surface area contributed by atoms with Gasteiger partial charge in [0, 0.05) is 46.1 Å². The molecule has 144 valence electrons. The van der Waals surface area contributed by atoms with E-state index in [1.54, 1.807) is 24.5 Å². The molecule has 2 heterocycles. The first-order valence-corrected chi connectivity index (χ1v) is 9.57. The van der Waals surface area contributed by atoms with Gasteiger partial charge in [-0.15, -0.1) is 0 Å². The number of amides is 1. The van der Waals surface area contributed by atoms with Crippen LogP contribution in [-0.4, -0.2) is 21.7 Å². The molecule has 0 aliphatic rings. The number of nitrogens with one attached hydrogen (secondary N) is 1. The fraction of sp³-hybridized carbons (Fsp3) is 0.0870. The lowest BCUT2D eigenvalue weighted by molar-refractivity contribution is 0.0955. The number of hydrogen-bond acceptors (Lipinski definition) is 3. The van der Waals surface area contributed by atoms with Crippen LogP contribution in [0, 0.1) is 6.92 Å². The van der Waals surface area contributed by atoms with Crippen LogP contribution in [0.4, 0.5) is 0 Å². The first kappa shape index (κ1) is 18.9. The SMILES string of the molecule is Cc1c(/C=N\NC(=O)c2cccnc2)c2ccccc2n1Cc1ccccc1Cl. The third kappa shape index (κ3) is 3.91. The molecular formula is C23H19ClN4O. The summed E-state index contributed by atoms with van der Waals surface area (Å²) in [5.74, 6) is -0.299. The van der Waals surface area contributed by atoms with E-state index in [-0.39, 0.29) is 5.91 Å². The van der Waals surface area contributed by atoms with Gasteiger partial charge >= 0.3 is 0 Å². The molecule has 0 radical (unpaired) electrons. The summed E-state index contributed by atoms with van der Waals surface area (Å²) in [6, 6.07) is 19.4. The van der Waals surface area contributed by atoms with Gasteiger partial charge in [0.1, 0.15) is 0 Å². The largest absolute Gasteiger partial charge is 0.340 e. The molecule has 0 spiro atoms. The van der Waals surface area contributed by atoms with Crippen LogP contribution in [0.25, 0.3) is 10.9 Å². The Morgan fingerprint density at radius 2 is 1.93 bits per heavy atom. The lowest BCUT2D eigenvalue weighted by Gasteiger charge is -2.10. The zero-order valence-corrected chi connectivity index (χ0v) is 16.6. The number of rotatable bonds is 5. The van der Waals surface area contributed by atoms with Gasteiger partial charge in [-0.25, -0.2) is 5.43 Å². The van der Waals surface area contributed by atoms with Crippen LogP contribution in [-0.2, 0) is 6.54 Å². The molecular weight excluding hydrogens is 384 g/mol. The molecule has 0 saturated heterocycles. The number of carbonyl (C=O) groups excluding carboxylic acids is 1. The minimum absolute atomic E-state index is 0.299. The fourth-order valence-corrected chi connectivity index (χ4v) is 3.53. The minimum atomic E-state index is -0.299. The van der Waals surface area contributed by atoms with Gasteiger partial charge in [-0.1, -0.05) is 48.0 Å². The molecule has 29 heavy (non-hydrogen) atoms. The quantitative estimate of drug-likeness (QED) is 0.384. The topological polar surface area (TPSA) is 59.3 Å². The van der Waals surface area contributed by atoms with E-state index in [0.29, 0.717) is 12.1 Å². The molecule has 5 nitrogen and oxygen atoms in total. The highest BCUT2D eigenvalue weighted by Gasteiger charge is 2.14. The summed E-state index contributed by atoms with van der Waals surface area (Å²) in [6.07, 6.45) is 4.82. The molecule has 6 heteroatoms. The van der Waals surface area contributed by atoms with E-state index in [4.69, 9.17) is 11.6 Å². The lowest BCUT2D eigenvalue weighted by atomic mass is 10.1. The summed E-state index contributed by atoms with van der Waals surface area (Å²) in [4.78, 5) is 16.1. The van der Waals surface area contributed by atoms with Gasteiger partial charge < -0.3 is 4.57 Å². The summed E-state index contributed by atoms with van der Waals surface area (Å²) < 4.78 is 2.21. The maximum Gasteiger partial charge on any atom is 0.272 e. The molecule has 2 aromatic carbocycles. The first-order chi connectivity index (χ1) is 14.1. The molecule has 0 aliphatic carbocycles. The smallest absolute Gasteiger partial charge is 0.272 e. The van der Waals surface area contributed by atoms with E-state index in [0.717, 1.165) is 32.7 Å². The van der Waals surface area contributed by atoms with Gasteiger partial charge in [-0.05, 0) is 36.8 Å². The number of fused-ring (bicyclic) bond motifs is 1. The van der Waals surface area contributed by atoms with Crippen molar-refractivity contribution in [3.8, 4) is 0 Å². The summed E-state index contributed by atoms with van der Waals surface area (Å²) in [5, 5.41) is 5.98. The Morgan fingerprint density at radius 1 is 1.14 bits per heavy atom. The van der Waals surface area contributed by atoms with Crippen molar-refractivity contribution in [3.63, 3.8) is 0 Å². The third-order valence-corrected chi connectivity index (χ3v) is 5.22. The van der Waals surface area contributed by atoms with Gasteiger partial charge in [0.05, 0.1) is 11.8 Å². The molecule has 1 amide bonds. The number of aromatic nitrogens is 2. The van der Waals surface area contributed by atoms with Crippen molar-refractivity contribution in [2.24, 2.45) is 5.10 Å². The number of hydrogen-bond donors (Lipinski definition) is 1. The molecule has 0 atom stereocenters. The second-order valence-electron chi connectivity index (χ2n) is 6.63. The number of halogens is 1. The van der Waals surface area contributed by atoms with Gasteiger partial charge in [0.2, 0.25) is 0 Å². The average molecular weight is 403 g/mol. The molecule has 2 aromatic heterocycles. The van der Waals surface area contributed by atoms with E-state index in [1.807, 2.05) is 43.3 Å². The molecule has 1 N–H and O–H groups in total. The van der Waals surface area contributed by atoms with Crippen LogP contribution in [0.2, 0.25) is 5.02 Å². The summed E-state index contributed by atoms with van der Waals surface area (Å²) >= 11 is 6.37. The van der Waals surface area contributed by atoms with E-state index < -0.39 is 0 Å². The second-order valence-corrected chi connectivity index (χ2v) is 7.04. The van der Waals surface area contributed by atoms with Crippen molar-refractivity contribution in [1.82, 2.24) is 15.0 Å². The summed E-state index contributed by atoms with van der Waals surface area (Å²) in [6.45, 7) is 2.70. The van der Waals surface area contributed by atoms with Crippen molar-refractivity contribution in [1.29, 1.82) is 0 Å². The van der Waals surface area contributed by atoms with Gasteiger partial charge in [-0.2, -0.15) is 5.10 Å². The third-order valence-electron chi connectivity index (χ3n) is 4.85. The zero-order valence-electron chi connectivity index (χ0n) is 15.8. The van der Waals surface area contributed by atoms with E-state index >= 15 is 0 Å². The number of benzene rings is 2. The first-order valence-electron chi connectivity index (χ1n) is 9.20. The number of hydrazone groups is 1. The molecule has 0 aliphatic heterocycles. The number of nitrogens with zero attached hydrogens (tertiary/aromatic N) is 3. The number of para-hydroxylation sites is 1. The normalized spacial score (nSPS) is 11.2. The highest BCUT2D eigenvalue weighted by Crippen LogP contribution is 2.27.